The third-order valence-electron chi connectivity index (χ3n) is 19.2. The number of rotatable bonds is 12. The fraction of sp³-hybridized carbons (Fsp3) is 0.0909. The van der Waals surface area contributed by atoms with Gasteiger partial charge in [0, 0.05) is 17.4 Å². The number of phenols is 14. The standard InChI is InChI=1S/C25H20O2.C19H16O2.C18H20O2.C13H12O2.C12H10O2.2C6H6O2/c26-23-15-11-21(12-16-23)25(19-7-3-1-4-8-19,20-9-5-2-6-10-20)22-13-17-24(27)18-14-22;20-17-10-6-15(7-11-17)19(14-4-2-1-3-5-14)16-8-12-18(21)13-9-16;19-16-8-4-14(5-9-16)18(12-2-1-3-13-18)15-6-10-17(20)11-7-15;14-12-5-1-10(2-6-12)9-11-3-7-13(15)8-4-11;13-11-5-1-9(2-6-11)10-3-7-12(14)8-4-10;7-5-1-2-6(8)4-3-5;7-5-2-1-3-6(8)4-5/h1-18,26-27H;1-13,19-21H;4-11,19-20H,1-3,12-13H2;1-8,14-15H,9H2;1-8,13-14H;2*1-4,7-8H. The summed E-state index contributed by atoms with van der Waals surface area (Å²) in [5.74, 6) is 3.28. The molecule has 1 fully saturated rings. The summed E-state index contributed by atoms with van der Waals surface area (Å²) in [6.07, 6.45) is 6.80. The van der Waals surface area contributed by atoms with Gasteiger partial charge in [0.2, 0.25) is 0 Å². The normalized spacial score (nSPS) is 11.7. The van der Waals surface area contributed by atoms with Crippen molar-refractivity contribution in [1.82, 2.24) is 0 Å². The van der Waals surface area contributed by atoms with Crippen LogP contribution in [0.25, 0.3) is 11.1 Å². The molecule has 15 aromatic rings. The van der Waals surface area contributed by atoms with E-state index >= 15 is 0 Å². The fourth-order valence-corrected chi connectivity index (χ4v) is 13.5. The molecule has 0 amide bonds. The molecule has 0 heterocycles. The van der Waals surface area contributed by atoms with Gasteiger partial charge in [0.05, 0.1) is 5.41 Å². The number of benzene rings is 15. The van der Waals surface area contributed by atoms with Crippen LogP contribution in [0.5, 0.6) is 80.5 Å². The van der Waals surface area contributed by atoms with Gasteiger partial charge in [0.25, 0.3) is 0 Å². The second kappa shape index (κ2) is 40.1. The molecule has 1 saturated carbocycles. The Kier molecular flexibility index (Phi) is 28.7. The third kappa shape index (κ3) is 23.3. The molecular formula is C99H90O14. The second-order valence-electron chi connectivity index (χ2n) is 27.0. The van der Waals surface area contributed by atoms with Crippen LogP contribution in [0, 0.1) is 0 Å². The van der Waals surface area contributed by atoms with Gasteiger partial charge in [-0.05, 0) is 249 Å². The minimum atomic E-state index is -0.566. The monoisotopic (exact) mass is 1500 g/mol. The molecule has 1 aliphatic carbocycles. The zero-order valence-corrected chi connectivity index (χ0v) is 62.0. The Morgan fingerprint density at radius 3 is 0.743 bits per heavy atom. The third-order valence-corrected chi connectivity index (χ3v) is 19.2. The number of hydrogen-bond acceptors (Lipinski definition) is 14. The zero-order chi connectivity index (χ0) is 80.0. The maximum Gasteiger partial charge on any atom is 0.119 e. The first-order chi connectivity index (χ1) is 54.7. The summed E-state index contributed by atoms with van der Waals surface area (Å²) in [5, 5.41) is 129. The van der Waals surface area contributed by atoms with Gasteiger partial charge in [-0.3, -0.25) is 0 Å². The summed E-state index contributed by atoms with van der Waals surface area (Å²) in [5.41, 5.74) is 14.0. The molecule has 14 N–H and O–H groups in total. The van der Waals surface area contributed by atoms with Crippen LogP contribution in [-0.2, 0) is 17.3 Å². The first-order valence-corrected chi connectivity index (χ1v) is 36.7. The summed E-state index contributed by atoms with van der Waals surface area (Å²) in [7, 11) is 0. The minimum absolute atomic E-state index is 0.0274. The second-order valence-corrected chi connectivity index (χ2v) is 27.0. The van der Waals surface area contributed by atoms with E-state index in [2.05, 4.69) is 36.4 Å². The summed E-state index contributed by atoms with van der Waals surface area (Å²) in [6, 6.07) is 115. The van der Waals surface area contributed by atoms with E-state index in [0.717, 1.165) is 74.9 Å². The van der Waals surface area contributed by atoms with Crippen LogP contribution in [0.2, 0.25) is 0 Å². The van der Waals surface area contributed by atoms with E-state index in [0.29, 0.717) is 11.5 Å². The molecule has 113 heavy (non-hydrogen) atoms. The zero-order valence-electron chi connectivity index (χ0n) is 62.0. The lowest BCUT2D eigenvalue weighted by Crippen LogP contribution is -2.30. The quantitative estimate of drug-likeness (QED) is 0.0400. The van der Waals surface area contributed by atoms with Crippen LogP contribution in [0.3, 0.4) is 0 Å². The molecule has 1 aliphatic rings. The molecule has 14 nitrogen and oxygen atoms in total. The Morgan fingerprint density at radius 1 is 0.212 bits per heavy atom. The predicted octanol–water partition coefficient (Wildman–Crippen LogP) is 21.8. The van der Waals surface area contributed by atoms with Gasteiger partial charge in [-0.2, -0.15) is 0 Å². The number of hydrogen-bond donors (Lipinski definition) is 14. The Labute approximate surface area is 658 Å². The highest BCUT2D eigenvalue weighted by molar-refractivity contribution is 5.65. The van der Waals surface area contributed by atoms with Crippen molar-refractivity contribution >= 4 is 0 Å². The van der Waals surface area contributed by atoms with Gasteiger partial charge in [-0.15, -0.1) is 0 Å². The van der Waals surface area contributed by atoms with Crippen LogP contribution < -0.4 is 0 Å². The van der Waals surface area contributed by atoms with E-state index in [1.54, 1.807) is 127 Å². The van der Waals surface area contributed by atoms with Crippen LogP contribution in [0.1, 0.15) is 99.2 Å². The molecule has 15 aromatic carbocycles. The van der Waals surface area contributed by atoms with Crippen molar-refractivity contribution in [3.63, 3.8) is 0 Å². The van der Waals surface area contributed by atoms with Crippen molar-refractivity contribution in [2.24, 2.45) is 0 Å². The Morgan fingerprint density at radius 2 is 0.451 bits per heavy atom. The smallest absolute Gasteiger partial charge is 0.119 e. The molecule has 0 aromatic heterocycles. The van der Waals surface area contributed by atoms with Gasteiger partial charge in [-0.25, -0.2) is 0 Å². The maximum absolute atomic E-state index is 9.84. The van der Waals surface area contributed by atoms with Gasteiger partial charge in [0.1, 0.15) is 80.5 Å². The molecule has 0 radical (unpaired) electrons. The van der Waals surface area contributed by atoms with Crippen LogP contribution in [-0.4, -0.2) is 71.5 Å². The largest absolute Gasteiger partial charge is 0.508 e. The first-order valence-electron chi connectivity index (χ1n) is 36.7. The molecule has 0 bridgehead atoms. The van der Waals surface area contributed by atoms with Crippen LogP contribution in [0.15, 0.2) is 382 Å². The van der Waals surface area contributed by atoms with Crippen molar-refractivity contribution in [1.29, 1.82) is 0 Å². The van der Waals surface area contributed by atoms with E-state index in [1.165, 1.54) is 78.4 Å². The van der Waals surface area contributed by atoms with Gasteiger partial charge < -0.3 is 71.5 Å². The van der Waals surface area contributed by atoms with Crippen LogP contribution >= 0.6 is 0 Å². The molecule has 14 heteroatoms. The van der Waals surface area contributed by atoms with Gasteiger partial charge >= 0.3 is 0 Å². The predicted molar refractivity (Wildman–Crippen MR) is 446 cm³/mol. The molecule has 0 atom stereocenters. The van der Waals surface area contributed by atoms with Crippen molar-refractivity contribution < 1.29 is 71.5 Å². The lowest BCUT2D eigenvalue weighted by atomic mass is 9.65. The lowest BCUT2D eigenvalue weighted by Gasteiger charge is -2.38. The Hall–Kier alpha value is -14.5. The number of aromatic hydroxyl groups is 14. The minimum Gasteiger partial charge on any atom is -0.508 e. The Bertz CT molecular complexity index is 4960. The average Bonchev–Trinajstić information content (AvgIpc) is 0.741. The molecule has 0 aliphatic heterocycles. The molecule has 0 unspecified atom stereocenters. The molecule has 0 saturated heterocycles. The van der Waals surface area contributed by atoms with E-state index in [9.17, 15) is 30.6 Å². The summed E-state index contributed by atoms with van der Waals surface area (Å²) >= 11 is 0. The fourth-order valence-electron chi connectivity index (χ4n) is 13.5. The van der Waals surface area contributed by atoms with E-state index in [4.69, 9.17) is 40.9 Å². The van der Waals surface area contributed by atoms with Crippen LogP contribution in [0.4, 0.5) is 0 Å². The Balaban J connectivity index is 0.000000144. The summed E-state index contributed by atoms with van der Waals surface area (Å²) in [4.78, 5) is 0. The molecule has 570 valence electrons. The van der Waals surface area contributed by atoms with Gasteiger partial charge in [-0.1, -0.05) is 238 Å². The highest BCUT2D eigenvalue weighted by atomic mass is 16.3. The van der Waals surface area contributed by atoms with E-state index in [1.807, 2.05) is 176 Å². The molecule has 16 rings (SSSR count). The van der Waals surface area contributed by atoms with Crippen molar-refractivity contribution in [2.45, 2.75) is 55.3 Å². The highest BCUT2D eigenvalue weighted by Gasteiger charge is 2.39. The highest BCUT2D eigenvalue weighted by Crippen LogP contribution is 2.48. The summed E-state index contributed by atoms with van der Waals surface area (Å²) in [6.45, 7) is 0. The van der Waals surface area contributed by atoms with Crippen molar-refractivity contribution in [3.8, 4) is 91.6 Å². The summed E-state index contributed by atoms with van der Waals surface area (Å²) < 4.78 is 0. The first kappa shape index (κ1) is 81.0. The van der Waals surface area contributed by atoms with Crippen molar-refractivity contribution in [3.05, 3.63) is 443 Å². The topological polar surface area (TPSA) is 283 Å². The SMILES string of the molecule is Oc1ccc(-c2ccc(O)cc2)cc1.Oc1ccc(C(c2ccccc2)(c2ccccc2)c2ccc(O)cc2)cc1.Oc1ccc(C(c2ccccc2)c2ccc(O)cc2)cc1.Oc1ccc(C2(c3ccc(O)cc3)CCCCC2)cc1.Oc1ccc(Cc2ccc(O)cc2)cc1.Oc1ccc(O)cc1.Oc1cccc(O)c1. The van der Waals surface area contributed by atoms with E-state index < -0.39 is 5.41 Å². The van der Waals surface area contributed by atoms with Gasteiger partial charge in [0.15, 0.2) is 0 Å². The van der Waals surface area contributed by atoms with Crippen molar-refractivity contribution in [2.75, 3.05) is 0 Å². The van der Waals surface area contributed by atoms with E-state index in [-0.39, 0.29) is 80.3 Å². The lowest BCUT2D eigenvalue weighted by molar-refractivity contribution is 0.345. The molecule has 0 spiro atoms. The molecular weight excluding hydrogens is 1410 g/mol. The average molecular weight is 1500 g/mol. The maximum atomic E-state index is 9.84. The number of phenolic OH excluding ortho intramolecular Hbond substituents is 14.